The van der Waals surface area contributed by atoms with Gasteiger partial charge in [-0.05, 0) is 38.5 Å². The van der Waals surface area contributed by atoms with E-state index < -0.39 is 0 Å². The lowest BCUT2D eigenvalue weighted by molar-refractivity contribution is -0.144. The average Bonchev–Trinajstić information content (AvgIpc) is 2.49. The van der Waals surface area contributed by atoms with Gasteiger partial charge >= 0.3 is 5.97 Å². The van der Waals surface area contributed by atoms with E-state index in [2.05, 4.69) is 26.0 Å². The van der Waals surface area contributed by atoms with E-state index in [0.29, 0.717) is 19.6 Å². The zero-order valence-corrected chi connectivity index (χ0v) is 14.1. The summed E-state index contributed by atoms with van der Waals surface area (Å²) in [6.45, 7) is 6.36. The predicted octanol–water partition coefficient (Wildman–Crippen LogP) is 5.04. The van der Waals surface area contributed by atoms with Gasteiger partial charge in [0.25, 0.3) is 0 Å². The second-order valence-electron chi connectivity index (χ2n) is 5.37. The van der Waals surface area contributed by atoms with Gasteiger partial charge in [-0.3, -0.25) is 4.79 Å². The van der Waals surface area contributed by atoms with Gasteiger partial charge in [0.1, 0.15) is 0 Å². The van der Waals surface area contributed by atoms with Gasteiger partial charge in [-0.2, -0.15) is 0 Å². The van der Waals surface area contributed by atoms with Crippen LogP contribution in [0, 0.1) is 0 Å². The summed E-state index contributed by atoms with van der Waals surface area (Å²) in [5.41, 5.74) is 0. The van der Waals surface area contributed by atoms with Crippen LogP contribution in [0.5, 0.6) is 0 Å². The Hall–Kier alpha value is -0.830. The Morgan fingerprint density at radius 3 is 2.38 bits per heavy atom. The number of unbranched alkanes of at least 4 members (excludes halogenated alkanes) is 5. The van der Waals surface area contributed by atoms with Crippen molar-refractivity contribution in [3.8, 4) is 0 Å². The standard InChI is InChI=1S/C18H34O3/c1-3-5-7-9-10-11-15-20-16-13-14-18(19)21-17-12-8-6-4-2/h5,7H,3-4,6,8-17H2,1-2H3/b7-5-. The summed E-state index contributed by atoms with van der Waals surface area (Å²) >= 11 is 0. The van der Waals surface area contributed by atoms with Crippen molar-refractivity contribution in [3.05, 3.63) is 12.2 Å². The molecule has 0 aromatic carbocycles. The van der Waals surface area contributed by atoms with E-state index in [0.717, 1.165) is 45.1 Å². The molecule has 124 valence electrons. The number of hydrogen-bond acceptors (Lipinski definition) is 3. The third-order valence-corrected chi connectivity index (χ3v) is 3.24. The smallest absolute Gasteiger partial charge is 0.305 e. The molecule has 0 N–H and O–H groups in total. The molecule has 21 heavy (non-hydrogen) atoms. The number of carbonyl (C=O) groups excluding carboxylic acids is 1. The van der Waals surface area contributed by atoms with Gasteiger partial charge < -0.3 is 9.47 Å². The second kappa shape index (κ2) is 17.2. The molecule has 0 amide bonds. The zero-order chi connectivity index (χ0) is 15.6. The van der Waals surface area contributed by atoms with Crippen LogP contribution in [0.1, 0.15) is 78.1 Å². The van der Waals surface area contributed by atoms with Gasteiger partial charge in [-0.15, -0.1) is 0 Å². The summed E-state index contributed by atoms with van der Waals surface area (Å²) in [7, 11) is 0. The van der Waals surface area contributed by atoms with Gasteiger partial charge in [-0.25, -0.2) is 0 Å². The molecule has 0 aliphatic heterocycles. The highest BCUT2D eigenvalue weighted by atomic mass is 16.5. The molecule has 0 heterocycles. The number of allylic oxidation sites excluding steroid dienone is 2. The number of esters is 1. The van der Waals surface area contributed by atoms with Crippen molar-refractivity contribution in [1.29, 1.82) is 0 Å². The van der Waals surface area contributed by atoms with E-state index in [-0.39, 0.29) is 5.97 Å². The maximum absolute atomic E-state index is 11.4. The fraction of sp³-hybridized carbons (Fsp3) is 0.833. The quantitative estimate of drug-likeness (QED) is 0.241. The molecule has 0 rings (SSSR count). The molecule has 0 aromatic rings. The number of hydrogen-bond donors (Lipinski definition) is 0. The Labute approximate surface area is 131 Å². The van der Waals surface area contributed by atoms with E-state index in [4.69, 9.17) is 9.47 Å². The lowest BCUT2D eigenvalue weighted by atomic mass is 10.2. The molecule has 0 bridgehead atoms. The van der Waals surface area contributed by atoms with Crippen LogP contribution in [0.2, 0.25) is 0 Å². The molecule has 0 aliphatic rings. The van der Waals surface area contributed by atoms with Crippen LogP contribution >= 0.6 is 0 Å². The summed E-state index contributed by atoms with van der Waals surface area (Å²) < 4.78 is 10.7. The van der Waals surface area contributed by atoms with Crippen LogP contribution in [0.15, 0.2) is 12.2 Å². The first kappa shape index (κ1) is 20.2. The minimum Gasteiger partial charge on any atom is -0.466 e. The summed E-state index contributed by atoms with van der Waals surface area (Å²) in [5, 5.41) is 0. The Morgan fingerprint density at radius 2 is 1.62 bits per heavy atom. The molecule has 0 spiro atoms. The van der Waals surface area contributed by atoms with Gasteiger partial charge in [-0.1, -0.05) is 45.3 Å². The third-order valence-electron chi connectivity index (χ3n) is 3.24. The third kappa shape index (κ3) is 17.1. The largest absolute Gasteiger partial charge is 0.466 e. The summed E-state index contributed by atoms with van der Waals surface area (Å²) in [5.74, 6) is -0.0835. The summed E-state index contributed by atoms with van der Waals surface area (Å²) in [4.78, 5) is 11.4. The highest BCUT2D eigenvalue weighted by molar-refractivity contribution is 5.69. The van der Waals surface area contributed by atoms with Gasteiger partial charge in [0.05, 0.1) is 6.61 Å². The van der Waals surface area contributed by atoms with Gasteiger partial charge in [0.2, 0.25) is 0 Å². The van der Waals surface area contributed by atoms with Crippen LogP contribution in [0.25, 0.3) is 0 Å². The van der Waals surface area contributed by atoms with Crippen molar-refractivity contribution in [2.75, 3.05) is 19.8 Å². The zero-order valence-electron chi connectivity index (χ0n) is 14.1. The molecule has 0 saturated heterocycles. The van der Waals surface area contributed by atoms with Crippen LogP contribution in [0.3, 0.4) is 0 Å². The number of carbonyl (C=O) groups is 1. The maximum atomic E-state index is 11.4. The van der Waals surface area contributed by atoms with E-state index in [9.17, 15) is 4.79 Å². The van der Waals surface area contributed by atoms with Gasteiger partial charge in [0, 0.05) is 19.6 Å². The van der Waals surface area contributed by atoms with E-state index >= 15 is 0 Å². The molecule has 0 unspecified atom stereocenters. The molecular weight excluding hydrogens is 264 g/mol. The van der Waals surface area contributed by atoms with Crippen molar-refractivity contribution in [3.63, 3.8) is 0 Å². The van der Waals surface area contributed by atoms with Crippen LogP contribution in [-0.2, 0) is 14.3 Å². The normalized spacial score (nSPS) is 11.1. The lowest BCUT2D eigenvalue weighted by Crippen LogP contribution is -2.07. The highest BCUT2D eigenvalue weighted by Crippen LogP contribution is 2.02. The second-order valence-corrected chi connectivity index (χ2v) is 5.37. The van der Waals surface area contributed by atoms with Crippen molar-refractivity contribution < 1.29 is 14.3 Å². The van der Waals surface area contributed by atoms with Crippen molar-refractivity contribution in [2.45, 2.75) is 78.1 Å². The lowest BCUT2D eigenvalue weighted by Gasteiger charge is -2.05. The topological polar surface area (TPSA) is 35.5 Å². The van der Waals surface area contributed by atoms with E-state index in [1.807, 2.05) is 0 Å². The predicted molar refractivity (Wildman–Crippen MR) is 88.4 cm³/mol. The molecule has 3 nitrogen and oxygen atoms in total. The molecule has 0 aliphatic carbocycles. The Balaban J connectivity index is 3.16. The molecule has 0 atom stereocenters. The summed E-state index contributed by atoms with van der Waals surface area (Å²) in [6.07, 6.45) is 14.8. The monoisotopic (exact) mass is 298 g/mol. The average molecular weight is 298 g/mol. The first-order valence-corrected chi connectivity index (χ1v) is 8.69. The van der Waals surface area contributed by atoms with Crippen molar-refractivity contribution in [1.82, 2.24) is 0 Å². The SMILES string of the molecule is CC/C=C\CCCCOCCCC(=O)OCCCCCC. The first-order valence-electron chi connectivity index (χ1n) is 8.69. The van der Waals surface area contributed by atoms with Gasteiger partial charge in [0.15, 0.2) is 0 Å². The van der Waals surface area contributed by atoms with E-state index in [1.54, 1.807) is 0 Å². The first-order chi connectivity index (χ1) is 10.3. The molecule has 0 radical (unpaired) electrons. The molecular formula is C18H34O3. The highest BCUT2D eigenvalue weighted by Gasteiger charge is 2.02. The minimum absolute atomic E-state index is 0.0835. The van der Waals surface area contributed by atoms with Crippen molar-refractivity contribution in [2.24, 2.45) is 0 Å². The number of rotatable bonds is 15. The van der Waals surface area contributed by atoms with Crippen molar-refractivity contribution >= 4 is 5.97 Å². The summed E-state index contributed by atoms with van der Waals surface area (Å²) in [6, 6.07) is 0. The van der Waals surface area contributed by atoms with Crippen LogP contribution in [-0.4, -0.2) is 25.8 Å². The molecule has 0 fully saturated rings. The number of ether oxygens (including phenoxy) is 2. The Morgan fingerprint density at radius 1 is 0.857 bits per heavy atom. The molecule has 0 aromatic heterocycles. The Kier molecular flexibility index (Phi) is 16.5. The fourth-order valence-electron chi connectivity index (χ4n) is 1.96. The van der Waals surface area contributed by atoms with E-state index in [1.165, 1.54) is 19.3 Å². The molecule has 3 heteroatoms. The maximum Gasteiger partial charge on any atom is 0.305 e. The molecule has 0 saturated carbocycles. The minimum atomic E-state index is -0.0835. The Bertz CT molecular complexity index is 249. The fourth-order valence-corrected chi connectivity index (χ4v) is 1.96. The van der Waals surface area contributed by atoms with Crippen LogP contribution in [0.4, 0.5) is 0 Å². The van der Waals surface area contributed by atoms with Crippen LogP contribution < -0.4 is 0 Å².